The molecule has 0 radical (unpaired) electrons. The molecule has 1 aliphatic heterocycles. The van der Waals surface area contributed by atoms with E-state index in [0.717, 1.165) is 0 Å². The van der Waals surface area contributed by atoms with Gasteiger partial charge in [-0.1, -0.05) is 6.92 Å². The van der Waals surface area contributed by atoms with Gasteiger partial charge in [0.2, 0.25) is 0 Å². The van der Waals surface area contributed by atoms with Crippen LogP contribution in [0.1, 0.15) is 30.6 Å². The van der Waals surface area contributed by atoms with Crippen LogP contribution in [0.3, 0.4) is 0 Å². The fourth-order valence-electron chi connectivity index (χ4n) is 1.89. The summed E-state index contributed by atoms with van der Waals surface area (Å²) in [4.78, 5) is 12.4. The highest BCUT2D eigenvalue weighted by Crippen LogP contribution is 2.32. The Labute approximate surface area is 107 Å². The minimum atomic E-state index is -0.788. The fraction of sp³-hybridized carbons (Fsp3) is 0.500. The summed E-state index contributed by atoms with van der Waals surface area (Å²) < 4.78 is 16.2. The van der Waals surface area contributed by atoms with Gasteiger partial charge in [-0.3, -0.25) is 4.79 Å². The minimum Gasteiger partial charge on any atom is -0.486 e. The normalized spacial score (nSPS) is 17.1. The highest BCUT2D eigenvalue weighted by Gasteiger charge is 2.32. The van der Waals surface area contributed by atoms with Crippen molar-refractivity contribution < 1.29 is 19.0 Å². The maximum Gasteiger partial charge on any atom is 0.194 e. The van der Waals surface area contributed by atoms with Crippen molar-refractivity contribution in [1.29, 1.82) is 0 Å². The number of rotatable bonds is 4. The predicted octanol–water partition coefficient (Wildman–Crippen LogP) is 2.46. The van der Waals surface area contributed by atoms with Crippen LogP contribution in [-0.4, -0.2) is 31.7 Å². The van der Waals surface area contributed by atoms with Crippen LogP contribution in [0.15, 0.2) is 18.2 Å². The smallest absolute Gasteiger partial charge is 0.194 e. The SMILES string of the molecule is CCC(C)(OC)C(=O)c1ccc2c(c1)OCCO2. The van der Waals surface area contributed by atoms with Gasteiger partial charge in [0.05, 0.1) is 0 Å². The number of Topliss-reactive ketones (excluding diaryl/α,β-unsaturated/α-hetero) is 1. The summed E-state index contributed by atoms with van der Waals surface area (Å²) in [7, 11) is 1.55. The van der Waals surface area contributed by atoms with E-state index in [1.807, 2.05) is 6.92 Å². The van der Waals surface area contributed by atoms with E-state index >= 15 is 0 Å². The Morgan fingerprint density at radius 3 is 2.61 bits per heavy atom. The van der Waals surface area contributed by atoms with Gasteiger partial charge in [-0.05, 0) is 31.5 Å². The average Bonchev–Trinajstić information content (AvgIpc) is 2.45. The predicted molar refractivity (Wildman–Crippen MR) is 67.5 cm³/mol. The molecule has 1 atom stereocenters. The van der Waals surface area contributed by atoms with E-state index in [1.165, 1.54) is 0 Å². The first-order chi connectivity index (χ1) is 8.60. The second-order valence-corrected chi connectivity index (χ2v) is 4.48. The number of carbonyl (C=O) groups is 1. The Balaban J connectivity index is 2.31. The zero-order valence-corrected chi connectivity index (χ0v) is 11.0. The average molecular weight is 250 g/mol. The number of ether oxygens (including phenoxy) is 3. The van der Waals surface area contributed by atoms with Crippen LogP contribution in [0.4, 0.5) is 0 Å². The second-order valence-electron chi connectivity index (χ2n) is 4.48. The Hall–Kier alpha value is -1.55. The van der Waals surface area contributed by atoms with Crippen LogP contribution in [0.5, 0.6) is 11.5 Å². The van der Waals surface area contributed by atoms with E-state index in [2.05, 4.69) is 0 Å². The van der Waals surface area contributed by atoms with Crippen LogP contribution in [-0.2, 0) is 4.74 Å². The maximum absolute atomic E-state index is 12.4. The molecule has 0 fully saturated rings. The van der Waals surface area contributed by atoms with Crippen LogP contribution in [0, 0.1) is 0 Å². The van der Waals surface area contributed by atoms with Crippen molar-refractivity contribution in [1.82, 2.24) is 0 Å². The van der Waals surface area contributed by atoms with Crippen molar-refractivity contribution >= 4 is 5.78 Å². The Morgan fingerprint density at radius 2 is 2.00 bits per heavy atom. The molecule has 1 aromatic rings. The first-order valence-electron chi connectivity index (χ1n) is 6.10. The number of hydrogen-bond donors (Lipinski definition) is 0. The zero-order valence-electron chi connectivity index (χ0n) is 11.0. The standard InChI is InChI=1S/C14H18O4/c1-4-14(2,16-3)13(15)10-5-6-11-12(9-10)18-8-7-17-11/h5-6,9H,4,7-8H2,1-3H3. The van der Waals surface area contributed by atoms with Crippen LogP contribution >= 0.6 is 0 Å². The van der Waals surface area contributed by atoms with Gasteiger partial charge in [-0.2, -0.15) is 0 Å². The van der Waals surface area contributed by atoms with Crippen molar-refractivity contribution in [2.45, 2.75) is 25.9 Å². The lowest BCUT2D eigenvalue weighted by Crippen LogP contribution is -2.36. The number of ketones is 1. The first kappa shape index (κ1) is 12.9. The number of fused-ring (bicyclic) bond motifs is 1. The van der Waals surface area contributed by atoms with E-state index in [-0.39, 0.29) is 5.78 Å². The molecule has 0 aliphatic carbocycles. The molecule has 4 heteroatoms. The molecule has 0 amide bonds. The van der Waals surface area contributed by atoms with Gasteiger partial charge in [0.25, 0.3) is 0 Å². The van der Waals surface area contributed by atoms with E-state index in [9.17, 15) is 4.79 Å². The van der Waals surface area contributed by atoms with Gasteiger partial charge in [0.15, 0.2) is 17.3 Å². The van der Waals surface area contributed by atoms with E-state index in [0.29, 0.717) is 36.7 Å². The minimum absolute atomic E-state index is 0.0375. The highest BCUT2D eigenvalue weighted by molar-refractivity contribution is 6.02. The van der Waals surface area contributed by atoms with E-state index in [4.69, 9.17) is 14.2 Å². The van der Waals surface area contributed by atoms with Crippen molar-refractivity contribution in [2.75, 3.05) is 20.3 Å². The number of hydrogen-bond acceptors (Lipinski definition) is 4. The Morgan fingerprint density at radius 1 is 1.33 bits per heavy atom. The van der Waals surface area contributed by atoms with Gasteiger partial charge in [0, 0.05) is 12.7 Å². The molecule has 2 rings (SSSR count). The van der Waals surface area contributed by atoms with Gasteiger partial charge in [0.1, 0.15) is 18.8 Å². The molecule has 1 aliphatic rings. The van der Waals surface area contributed by atoms with Gasteiger partial charge in [-0.15, -0.1) is 0 Å². The topological polar surface area (TPSA) is 44.8 Å². The number of benzene rings is 1. The summed E-state index contributed by atoms with van der Waals surface area (Å²) in [6.07, 6.45) is 0.622. The lowest BCUT2D eigenvalue weighted by molar-refractivity contribution is 0.0105. The van der Waals surface area contributed by atoms with Gasteiger partial charge < -0.3 is 14.2 Å². The molecular weight excluding hydrogens is 232 g/mol. The van der Waals surface area contributed by atoms with Gasteiger partial charge >= 0.3 is 0 Å². The molecular formula is C14H18O4. The van der Waals surface area contributed by atoms with Crippen molar-refractivity contribution in [3.05, 3.63) is 23.8 Å². The third-order valence-electron chi connectivity index (χ3n) is 3.41. The number of carbonyl (C=O) groups excluding carboxylic acids is 1. The maximum atomic E-state index is 12.4. The third kappa shape index (κ3) is 2.20. The number of methoxy groups -OCH3 is 1. The third-order valence-corrected chi connectivity index (χ3v) is 3.41. The van der Waals surface area contributed by atoms with E-state index < -0.39 is 5.60 Å². The molecule has 0 N–H and O–H groups in total. The molecule has 0 spiro atoms. The summed E-state index contributed by atoms with van der Waals surface area (Å²) in [5, 5.41) is 0. The quantitative estimate of drug-likeness (QED) is 0.770. The molecule has 0 saturated carbocycles. The first-order valence-corrected chi connectivity index (χ1v) is 6.10. The van der Waals surface area contributed by atoms with Crippen molar-refractivity contribution in [3.8, 4) is 11.5 Å². The second kappa shape index (κ2) is 4.98. The monoisotopic (exact) mass is 250 g/mol. The summed E-state index contributed by atoms with van der Waals surface area (Å²) in [5.74, 6) is 1.28. The van der Waals surface area contributed by atoms with Gasteiger partial charge in [-0.25, -0.2) is 0 Å². The highest BCUT2D eigenvalue weighted by atomic mass is 16.6. The van der Waals surface area contributed by atoms with E-state index in [1.54, 1.807) is 32.2 Å². The summed E-state index contributed by atoms with van der Waals surface area (Å²) in [6, 6.07) is 5.25. The van der Waals surface area contributed by atoms with Crippen LogP contribution < -0.4 is 9.47 Å². The fourth-order valence-corrected chi connectivity index (χ4v) is 1.89. The molecule has 1 aromatic carbocycles. The lowest BCUT2D eigenvalue weighted by atomic mass is 9.92. The molecule has 0 bridgehead atoms. The van der Waals surface area contributed by atoms with Crippen LogP contribution in [0.2, 0.25) is 0 Å². The van der Waals surface area contributed by atoms with Crippen LogP contribution in [0.25, 0.3) is 0 Å². The molecule has 1 heterocycles. The van der Waals surface area contributed by atoms with Crippen molar-refractivity contribution in [2.24, 2.45) is 0 Å². The Bertz CT molecular complexity index is 449. The zero-order chi connectivity index (χ0) is 13.2. The Kier molecular flexibility index (Phi) is 3.57. The molecule has 0 aromatic heterocycles. The molecule has 0 saturated heterocycles. The summed E-state index contributed by atoms with van der Waals surface area (Å²) >= 11 is 0. The lowest BCUT2D eigenvalue weighted by Gasteiger charge is -2.26. The molecule has 18 heavy (non-hydrogen) atoms. The summed E-state index contributed by atoms with van der Waals surface area (Å²) in [6.45, 7) is 4.79. The molecule has 98 valence electrons. The molecule has 4 nitrogen and oxygen atoms in total. The van der Waals surface area contributed by atoms with Crippen molar-refractivity contribution in [3.63, 3.8) is 0 Å². The largest absolute Gasteiger partial charge is 0.486 e. The molecule has 1 unspecified atom stereocenters. The summed E-state index contributed by atoms with van der Waals surface area (Å²) in [5.41, 5.74) is -0.200.